The minimum absolute atomic E-state index is 0.0401. The highest BCUT2D eigenvalue weighted by molar-refractivity contribution is 6.08. The van der Waals surface area contributed by atoms with Crippen molar-refractivity contribution >= 4 is 40.3 Å². The van der Waals surface area contributed by atoms with Crippen molar-refractivity contribution in [2.75, 3.05) is 11.4 Å². The lowest BCUT2D eigenvalue weighted by Crippen LogP contribution is -2.56. The Balaban J connectivity index is 1.88. The first-order valence-electron chi connectivity index (χ1n) is 12.6. The van der Waals surface area contributed by atoms with Crippen molar-refractivity contribution in [3.8, 4) is 12.3 Å². The van der Waals surface area contributed by atoms with Crippen molar-refractivity contribution < 1.29 is 29.4 Å². The molecule has 214 valence electrons. The molecule has 0 fully saturated rings. The molecule has 41 heavy (non-hydrogen) atoms. The summed E-state index contributed by atoms with van der Waals surface area (Å²) in [6.07, 6.45) is 4.88. The molecule has 0 radical (unpaired) electrons. The van der Waals surface area contributed by atoms with Crippen LogP contribution in [-0.2, 0) is 20.9 Å². The van der Waals surface area contributed by atoms with Crippen LogP contribution in [0.5, 0.6) is 0 Å². The van der Waals surface area contributed by atoms with E-state index in [9.17, 15) is 29.1 Å². The lowest BCUT2D eigenvalue weighted by molar-refractivity contribution is -0.154. The smallest absolute Gasteiger partial charge is 0.329 e. The highest BCUT2D eigenvalue weighted by Crippen LogP contribution is 2.24. The number of nitrogens with two attached hydrogens (primary N) is 1. The standard InChI is InChI=1S/C29H31N5O7/c1-5-14-33(16-18-6-12-23-21(15-18)25(36)32-17(2)31-23)20-9-7-19(8-10-20)26(37)34(29(3,4)28(40)41)24(35)13-11-22(30)27(38)39/h1,6-10,12,15,22H,11,13-14,16,30H2,2-4H3,(H,38,39)(H,40,41)(H,31,32,36)/t22-/m0/s1. The van der Waals surface area contributed by atoms with Gasteiger partial charge in [0.2, 0.25) is 5.91 Å². The van der Waals surface area contributed by atoms with Crippen LogP contribution in [-0.4, -0.2) is 67.0 Å². The molecular formula is C29H31N5O7. The van der Waals surface area contributed by atoms with E-state index in [1.54, 1.807) is 31.2 Å². The molecule has 0 spiro atoms. The molecule has 0 bridgehead atoms. The van der Waals surface area contributed by atoms with Crippen LogP contribution in [0.1, 0.15) is 48.4 Å². The fourth-order valence-electron chi connectivity index (χ4n) is 4.20. The van der Waals surface area contributed by atoms with Gasteiger partial charge in [0.05, 0.1) is 17.4 Å². The predicted octanol–water partition coefficient (Wildman–Crippen LogP) is 1.90. The number of carboxylic acids is 2. The van der Waals surface area contributed by atoms with E-state index in [1.165, 1.54) is 26.0 Å². The predicted molar refractivity (Wildman–Crippen MR) is 151 cm³/mol. The van der Waals surface area contributed by atoms with Gasteiger partial charge in [-0.3, -0.25) is 24.1 Å². The third-order valence-corrected chi connectivity index (χ3v) is 6.54. The summed E-state index contributed by atoms with van der Waals surface area (Å²) in [6, 6.07) is 10.1. The Hall–Kier alpha value is -5.02. The van der Waals surface area contributed by atoms with Crippen molar-refractivity contribution in [2.45, 2.75) is 51.7 Å². The number of carboxylic acid groups (broad SMARTS) is 2. The molecule has 12 heteroatoms. The van der Waals surface area contributed by atoms with Gasteiger partial charge in [-0.05, 0) is 69.2 Å². The normalized spacial score (nSPS) is 11.9. The van der Waals surface area contributed by atoms with Crippen LogP contribution in [0.4, 0.5) is 5.69 Å². The molecule has 0 aliphatic carbocycles. The Kier molecular flexibility index (Phi) is 9.26. The van der Waals surface area contributed by atoms with Gasteiger partial charge in [-0.1, -0.05) is 12.0 Å². The molecule has 1 atom stereocenters. The molecule has 3 rings (SSSR count). The summed E-state index contributed by atoms with van der Waals surface area (Å²) in [4.78, 5) is 71.2. The van der Waals surface area contributed by atoms with E-state index in [1.807, 2.05) is 11.0 Å². The molecule has 1 aromatic heterocycles. The highest BCUT2D eigenvalue weighted by atomic mass is 16.4. The first-order chi connectivity index (χ1) is 19.3. The van der Waals surface area contributed by atoms with Crippen LogP contribution in [0, 0.1) is 19.3 Å². The number of hydrogen-bond donors (Lipinski definition) is 4. The Labute approximate surface area is 235 Å². The fraction of sp³-hybridized carbons (Fsp3) is 0.310. The van der Waals surface area contributed by atoms with Gasteiger partial charge < -0.3 is 25.8 Å². The average Bonchev–Trinajstić information content (AvgIpc) is 2.91. The maximum absolute atomic E-state index is 13.4. The summed E-state index contributed by atoms with van der Waals surface area (Å²) in [6.45, 7) is 4.65. The van der Waals surface area contributed by atoms with Crippen LogP contribution >= 0.6 is 0 Å². The number of amides is 2. The summed E-state index contributed by atoms with van der Waals surface area (Å²) >= 11 is 0. The second-order valence-corrected chi connectivity index (χ2v) is 9.99. The van der Waals surface area contributed by atoms with E-state index >= 15 is 0 Å². The number of carbonyl (C=O) groups excluding carboxylic acids is 2. The number of aryl methyl sites for hydroxylation is 1. The van der Waals surface area contributed by atoms with E-state index in [2.05, 4.69) is 15.9 Å². The second-order valence-electron chi connectivity index (χ2n) is 9.99. The molecule has 5 N–H and O–H groups in total. The zero-order valence-corrected chi connectivity index (χ0v) is 22.9. The third-order valence-electron chi connectivity index (χ3n) is 6.54. The van der Waals surface area contributed by atoms with E-state index < -0.39 is 41.8 Å². The Morgan fingerprint density at radius 2 is 1.78 bits per heavy atom. The number of aromatic amines is 1. The van der Waals surface area contributed by atoms with Gasteiger partial charge in [-0.25, -0.2) is 9.78 Å². The maximum Gasteiger partial charge on any atom is 0.329 e. The molecule has 0 saturated carbocycles. The molecule has 0 aliphatic rings. The molecule has 2 aromatic carbocycles. The van der Waals surface area contributed by atoms with Gasteiger partial charge in [-0.15, -0.1) is 6.42 Å². The van der Waals surface area contributed by atoms with Crippen LogP contribution in [0.25, 0.3) is 10.9 Å². The van der Waals surface area contributed by atoms with Crippen molar-refractivity contribution in [2.24, 2.45) is 5.73 Å². The number of H-pyrrole nitrogens is 1. The number of anilines is 1. The average molecular weight is 562 g/mol. The van der Waals surface area contributed by atoms with E-state index in [4.69, 9.17) is 17.3 Å². The fourth-order valence-corrected chi connectivity index (χ4v) is 4.20. The number of nitrogens with zero attached hydrogens (tertiary/aromatic N) is 3. The number of aliphatic carboxylic acids is 2. The minimum Gasteiger partial charge on any atom is -0.480 e. The summed E-state index contributed by atoms with van der Waals surface area (Å²) in [5.41, 5.74) is 5.34. The van der Waals surface area contributed by atoms with Crippen LogP contribution < -0.4 is 16.2 Å². The van der Waals surface area contributed by atoms with Crippen LogP contribution in [0.2, 0.25) is 0 Å². The van der Waals surface area contributed by atoms with E-state index in [0.717, 1.165) is 5.56 Å². The molecule has 3 aromatic rings. The summed E-state index contributed by atoms with van der Waals surface area (Å²) < 4.78 is 0. The van der Waals surface area contributed by atoms with Crippen molar-refractivity contribution in [1.29, 1.82) is 0 Å². The largest absolute Gasteiger partial charge is 0.480 e. The first-order valence-corrected chi connectivity index (χ1v) is 12.6. The van der Waals surface area contributed by atoms with Gasteiger partial charge >= 0.3 is 11.9 Å². The van der Waals surface area contributed by atoms with Gasteiger partial charge in [0, 0.05) is 24.2 Å². The minimum atomic E-state index is -1.92. The summed E-state index contributed by atoms with van der Waals surface area (Å²) in [5.74, 6) is -1.37. The Bertz CT molecular complexity index is 1590. The topological polar surface area (TPSA) is 187 Å². The monoisotopic (exact) mass is 561 g/mol. The van der Waals surface area contributed by atoms with Gasteiger partial charge in [-0.2, -0.15) is 0 Å². The van der Waals surface area contributed by atoms with E-state index in [-0.39, 0.29) is 24.1 Å². The SMILES string of the molecule is C#CCN(Cc1ccc2nc(C)[nH]c(=O)c2c1)c1ccc(C(=O)N(C(=O)CC[C@H](N)C(=O)O)C(C)(C)C(=O)O)cc1. The molecule has 2 amide bonds. The molecule has 0 saturated heterocycles. The quantitative estimate of drug-likeness (QED) is 0.252. The van der Waals surface area contributed by atoms with Crippen LogP contribution in [0.15, 0.2) is 47.3 Å². The zero-order valence-electron chi connectivity index (χ0n) is 22.9. The highest BCUT2D eigenvalue weighted by Gasteiger charge is 2.42. The first kappa shape index (κ1) is 30.5. The maximum atomic E-state index is 13.4. The zero-order chi connectivity index (χ0) is 30.5. The third kappa shape index (κ3) is 6.95. The number of carbonyl (C=O) groups is 4. The van der Waals surface area contributed by atoms with Gasteiger partial charge in [0.1, 0.15) is 17.4 Å². The molecule has 12 nitrogen and oxygen atoms in total. The summed E-state index contributed by atoms with van der Waals surface area (Å²) in [5, 5.41) is 19.1. The number of nitrogens with one attached hydrogen (secondary N) is 1. The number of rotatable bonds is 11. The van der Waals surface area contributed by atoms with Gasteiger partial charge in [0.15, 0.2) is 0 Å². The second kappa shape index (κ2) is 12.4. The van der Waals surface area contributed by atoms with E-state index in [0.29, 0.717) is 33.9 Å². The van der Waals surface area contributed by atoms with Crippen molar-refractivity contribution in [3.05, 3.63) is 69.8 Å². The van der Waals surface area contributed by atoms with Crippen molar-refractivity contribution in [1.82, 2.24) is 14.9 Å². The number of hydrogen-bond acceptors (Lipinski definition) is 8. The number of benzene rings is 2. The molecule has 0 unspecified atom stereocenters. The number of imide groups is 1. The lowest BCUT2D eigenvalue weighted by Gasteiger charge is -2.33. The number of terminal acetylenes is 1. The Morgan fingerprint density at radius 3 is 2.37 bits per heavy atom. The Morgan fingerprint density at radius 1 is 1.12 bits per heavy atom. The molecular weight excluding hydrogens is 530 g/mol. The van der Waals surface area contributed by atoms with Gasteiger partial charge in [0.25, 0.3) is 11.5 Å². The number of aromatic nitrogens is 2. The lowest BCUT2D eigenvalue weighted by atomic mass is 9.99. The summed E-state index contributed by atoms with van der Waals surface area (Å²) in [7, 11) is 0. The van der Waals surface area contributed by atoms with Crippen molar-refractivity contribution in [3.63, 3.8) is 0 Å². The molecule has 1 heterocycles. The molecule has 0 aliphatic heterocycles. The number of fused-ring (bicyclic) bond motifs is 1. The van der Waals surface area contributed by atoms with Crippen LogP contribution in [0.3, 0.4) is 0 Å².